The first-order valence-electron chi connectivity index (χ1n) is 10.1. The minimum absolute atomic E-state index is 0.146. The smallest absolute Gasteiger partial charge is 0.224 e. The van der Waals surface area contributed by atoms with Crippen LogP contribution in [0.4, 0.5) is 5.69 Å². The molecule has 0 radical (unpaired) electrons. The molecule has 4 rings (SSSR count). The summed E-state index contributed by atoms with van der Waals surface area (Å²) in [5, 5.41) is 9.18. The van der Waals surface area contributed by atoms with E-state index < -0.39 is 0 Å². The number of thiophene rings is 1. The maximum atomic E-state index is 12.8. The van der Waals surface area contributed by atoms with E-state index in [0.717, 1.165) is 35.2 Å². The zero-order chi connectivity index (χ0) is 20.9. The highest BCUT2D eigenvalue weighted by molar-refractivity contribution is 7.71. The average Bonchev–Trinajstić information content (AvgIpc) is 3.42. The van der Waals surface area contributed by atoms with Gasteiger partial charge in [0, 0.05) is 39.1 Å². The Morgan fingerprint density at radius 2 is 2.00 bits per heavy atom. The van der Waals surface area contributed by atoms with E-state index in [-0.39, 0.29) is 5.91 Å². The van der Waals surface area contributed by atoms with Crippen LogP contribution in [-0.2, 0) is 11.3 Å². The molecule has 1 amide bonds. The van der Waals surface area contributed by atoms with E-state index in [2.05, 4.69) is 21.2 Å². The Hall–Kier alpha value is -2.65. The van der Waals surface area contributed by atoms with Gasteiger partial charge >= 0.3 is 0 Å². The zero-order valence-corrected chi connectivity index (χ0v) is 18.5. The van der Waals surface area contributed by atoms with Crippen molar-refractivity contribution in [3.63, 3.8) is 0 Å². The van der Waals surface area contributed by atoms with Gasteiger partial charge in [-0.2, -0.15) is 5.10 Å². The largest absolute Gasteiger partial charge is 0.492 e. The first-order valence-corrected chi connectivity index (χ1v) is 11.4. The van der Waals surface area contributed by atoms with Crippen molar-refractivity contribution in [1.29, 1.82) is 0 Å². The fraction of sp³-hybridized carbons (Fsp3) is 0.381. The summed E-state index contributed by atoms with van der Waals surface area (Å²) in [6.07, 6.45) is 0.405. The van der Waals surface area contributed by atoms with E-state index in [1.807, 2.05) is 52.1 Å². The number of rotatable bonds is 7. The van der Waals surface area contributed by atoms with Gasteiger partial charge in [0.25, 0.3) is 0 Å². The molecular weight excluding hydrogens is 418 g/mol. The van der Waals surface area contributed by atoms with Gasteiger partial charge in [0.2, 0.25) is 5.91 Å². The summed E-state index contributed by atoms with van der Waals surface area (Å²) in [6.45, 7) is 6.14. The summed E-state index contributed by atoms with van der Waals surface area (Å²) in [5.41, 5.74) is 1.09. The number of para-hydroxylation sites is 2. The Morgan fingerprint density at radius 1 is 1.20 bits per heavy atom. The number of benzene rings is 1. The number of hydrogen-bond acceptors (Lipinski definition) is 6. The van der Waals surface area contributed by atoms with Crippen molar-refractivity contribution in [2.75, 3.05) is 37.7 Å². The minimum Gasteiger partial charge on any atom is -0.492 e. The van der Waals surface area contributed by atoms with Crippen LogP contribution < -0.4 is 9.64 Å². The normalized spacial score (nSPS) is 14.2. The molecular formula is C21H25N5O2S2. The molecule has 1 aromatic carbocycles. The van der Waals surface area contributed by atoms with E-state index in [1.165, 1.54) is 0 Å². The Bertz CT molecular complexity index is 1040. The Kier molecular flexibility index (Phi) is 6.49. The summed E-state index contributed by atoms with van der Waals surface area (Å²) in [5.74, 6) is 1.84. The Morgan fingerprint density at radius 3 is 2.73 bits per heavy atom. The van der Waals surface area contributed by atoms with Crippen LogP contribution in [0.1, 0.15) is 13.3 Å². The Labute approximate surface area is 184 Å². The summed E-state index contributed by atoms with van der Waals surface area (Å²) < 4.78 is 8.21. The van der Waals surface area contributed by atoms with Crippen LogP contribution in [0, 0.1) is 4.77 Å². The molecule has 7 nitrogen and oxygen atoms in total. The second kappa shape index (κ2) is 9.44. The van der Waals surface area contributed by atoms with Crippen molar-refractivity contribution in [2.45, 2.75) is 19.9 Å². The standard InChI is InChI=1S/C21H25N5O2S2/c1-2-28-17-7-4-3-6-16(17)24-11-13-25(14-12-24)19(27)9-10-26-20(22-23-21(26)29)18-8-5-15-30-18/h3-8,15H,2,9-14H2,1H3,(H,23,29). The summed E-state index contributed by atoms with van der Waals surface area (Å²) >= 11 is 6.97. The van der Waals surface area contributed by atoms with E-state index >= 15 is 0 Å². The zero-order valence-electron chi connectivity index (χ0n) is 16.9. The molecule has 1 aliphatic rings. The molecule has 0 aliphatic carbocycles. The number of H-pyrrole nitrogens is 1. The fourth-order valence-electron chi connectivity index (χ4n) is 3.68. The summed E-state index contributed by atoms with van der Waals surface area (Å²) in [6, 6.07) is 12.1. The lowest BCUT2D eigenvalue weighted by Crippen LogP contribution is -2.49. The average molecular weight is 444 g/mol. The predicted molar refractivity (Wildman–Crippen MR) is 122 cm³/mol. The van der Waals surface area contributed by atoms with E-state index in [4.69, 9.17) is 17.0 Å². The second-order valence-corrected chi connectivity index (χ2v) is 8.33. The molecule has 0 spiro atoms. The van der Waals surface area contributed by atoms with Gasteiger partial charge in [-0.15, -0.1) is 11.3 Å². The van der Waals surface area contributed by atoms with Crippen LogP contribution in [0.2, 0.25) is 0 Å². The van der Waals surface area contributed by atoms with Gasteiger partial charge < -0.3 is 14.5 Å². The number of amides is 1. The van der Waals surface area contributed by atoms with Crippen molar-refractivity contribution >= 4 is 35.1 Å². The van der Waals surface area contributed by atoms with Crippen LogP contribution in [0.5, 0.6) is 5.75 Å². The fourth-order valence-corrected chi connectivity index (χ4v) is 4.62. The van der Waals surface area contributed by atoms with E-state index in [0.29, 0.717) is 37.4 Å². The van der Waals surface area contributed by atoms with Crippen LogP contribution >= 0.6 is 23.6 Å². The first-order chi connectivity index (χ1) is 14.7. The van der Waals surface area contributed by atoms with Gasteiger partial charge in [-0.05, 0) is 42.7 Å². The topological polar surface area (TPSA) is 66.4 Å². The third-order valence-electron chi connectivity index (χ3n) is 5.19. The first kappa shape index (κ1) is 20.6. The lowest BCUT2D eigenvalue weighted by atomic mass is 10.2. The molecule has 0 bridgehead atoms. The van der Waals surface area contributed by atoms with Crippen molar-refractivity contribution in [1.82, 2.24) is 19.7 Å². The van der Waals surface area contributed by atoms with Gasteiger partial charge in [-0.25, -0.2) is 0 Å². The monoisotopic (exact) mass is 443 g/mol. The third-order valence-corrected chi connectivity index (χ3v) is 6.36. The number of nitrogens with zero attached hydrogens (tertiary/aromatic N) is 4. The lowest BCUT2D eigenvalue weighted by molar-refractivity contribution is -0.131. The highest BCUT2D eigenvalue weighted by Gasteiger charge is 2.23. The number of hydrogen-bond donors (Lipinski definition) is 1. The SMILES string of the molecule is CCOc1ccccc1N1CCN(C(=O)CCn2c(-c3cccs3)n[nH]c2=S)CC1. The van der Waals surface area contributed by atoms with Gasteiger partial charge in [-0.3, -0.25) is 14.5 Å². The highest BCUT2D eigenvalue weighted by Crippen LogP contribution is 2.29. The number of carbonyl (C=O) groups is 1. The molecule has 0 atom stereocenters. The molecule has 30 heavy (non-hydrogen) atoms. The van der Waals surface area contributed by atoms with Crippen LogP contribution in [0.25, 0.3) is 10.7 Å². The maximum Gasteiger partial charge on any atom is 0.224 e. The van der Waals surface area contributed by atoms with Crippen LogP contribution in [-0.4, -0.2) is 58.4 Å². The number of nitrogens with one attached hydrogen (secondary N) is 1. The van der Waals surface area contributed by atoms with E-state index in [1.54, 1.807) is 11.3 Å². The summed E-state index contributed by atoms with van der Waals surface area (Å²) in [7, 11) is 0. The molecule has 9 heteroatoms. The van der Waals surface area contributed by atoms with Crippen molar-refractivity contribution < 1.29 is 9.53 Å². The van der Waals surface area contributed by atoms with Crippen molar-refractivity contribution in [3.8, 4) is 16.5 Å². The minimum atomic E-state index is 0.146. The number of aromatic nitrogens is 3. The van der Waals surface area contributed by atoms with Gasteiger partial charge in [0.15, 0.2) is 10.6 Å². The van der Waals surface area contributed by atoms with Crippen LogP contribution in [0.15, 0.2) is 41.8 Å². The number of carbonyl (C=O) groups excluding carboxylic acids is 1. The molecule has 0 saturated carbocycles. The second-order valence-electron chi connectivity index (χ2n) is 7.00. The summed E-state index contributed by atoms with van der Waals surface area (Å²) in [4.78, 5) is 18.1. The predicted octanol–water partition coefficient (Wildman–Crippen LogP) is 3.81. The molecule has 3 aromatic rings. The molecule has 158 valence electrons. The Balaban J connectivity index is 1.35. The number of piperazine rings is 1. The lowest BCUT2D eigenvalue weighted by Gasteiger charge is -2.36. The maximum absolute atomic E-state index is 12.8. The van der Waals surface area contributed by atoms with Crippen molar-refractivity contribution in [3.05, 3.63) is 46.5 Å². The van der Waals surface area contributed by atoms with Gasteiger partial charge in [0.05, 0.1) is 17.2 Å². The van der Waals surface area contributed by atoms with E-state index in [9.17, 15) is 4.79 Å². The molecule has 1 N–H and O–H groups in total. The quantitative estimate of drug-likeness (QED) is 0.563. The van der Waals surface area contributed by atoms with Gasteiger partial charge in [-0.1, -0.05) is 18.2 Å². The molecule has 1 saturated heterocycles. The third kappa shape index (κ3) is 4.41. The molecule has 1 aliphatic heterocycles. The van der Waals surface area contributed by atoms with Crippen LogP contribution in [0.3, 0.4) is 0 Å². The molecule has 2 aromatic heterocycles. The number of anilines is 1. The van der Waals surface area contributed by atoms with Gasteiger partial charge in [0.1, 0.15) is 5.75 Å². The number of ether oxygens (including phenoxy) is 1. The molecule has 1 fully saturated rings. The molecule has 3 heterocycles. The highest BCUT2D eigenvalue weighted by atomic mass is 32.1. The molecule has 0 unspecified atom stereocenters. The number of aromatic amines is 1. The van der Waals surface area contributed by atoms with Crippen molar-refractivity contribution in [2.24, 2.45) is 0 Å².